The summed E-state index contributed by atoms with van der Waals surface area (Å²) in [5.41, 5.74) is 1.32. The number of nitrogens with zero attached hydrogens (tertiary/aromatic N) is 2. The van der Waals surface area contributed by atoms with Crippen LogP contribution in [0.15, 0.2) is 24.3 Å². The molecule has 0 aliphatic carbocycles. The van der Waals surface area contributed by atoms with Crippen molar-refractivity contribution >= 4 is 39.9 Å². The number of anilines is 1. The maximum absolute atomic E-state index is 12.7. The quantitative estimate of drug-likeness (QED) is 0.681. The molecule has 8 heteroatoms. The minimum Gasteiger partial charge on any atom is -0.344 e. The lowest BCUT2D eigenvalue weighted by molar-refractivity contribution is -0.132. The van der Waals surface area contributed by atoms with E-state index < -0.39 is 11.5 Å². The number of hydrogen-bond donors (Lipinski definition) is 2. The average molecular weight is 409 g/mol. The van der Waals surface area contributed by atoms with Crippen LogP contribution in [0, 0.1) is 18.3 Å². The normalized spacial score (nSPS) is 12.7. The fourth-order valence-corrected chi connectivity index (χ4v) is 3.15. The van der Waals surface area contributed by atoms with Crippen molar-refractivity contribution in [2.75, 3.05) is 11.2 Å². The highest BCUT2D eigenvalue weighted by molar-refractivity contribution is 7.18. The van der Waals surface area contributed by atoms with E-state index in [9.17, 15) is 9.59 Å². The maximum atomic E-state index is 12.7. The highest BCUT2D eigenvalue weighted by atomic mass is 35.5. The van der Waals surface area contributed by atoms with E-state index in [-0.39, 0.29) is 23.6 Å². The van der Waals surface area contributed by atoms with Crippen molar-refractivity contribution in [2.45, 2.75) is 40.7 Å². The third kappa shape index (κ3) is 5.49. The molecular weight excluding hydrogens is 384 g/mol. The van der Waals surface area contributed by atoms with Gasteiger partial charge in [0.25, 0.3) is 0 Å². The Labute approximate surface area is 168 Å². The van der Waals surface area contributed by atoms with E-state index in [1.54, 1.807) is 13.8 Å². The summed E-state index contributed by atoms with van der Waals surface area (Å²) in [4.78, 5) is 25.1. The molecule has 0 saturated heterocycles. The number of hydrogen-bond acceptors (Lipinski definition) is 5. The summed E-state index contributed by atoms with van der Waals surface area (Å²) in [6.07, 6.45) is 0. The number of amides is 2. The van der Waals surface area contributed by atoms with E-state index in [2.05, 4.69) is 20.8 Å². The van der Waals surface area contributed by atoms with Crippen LogP contribution in [0.4, 0.5) is 5.13 Å². The third-order valence-electron chi connectivity index (χ3n) is 4.10. The first kappa shape index (κ1) is 21.3. The zero-order valence-electron chi connectivity index (χ0n) is 16.2. The standard InChI is InChI=1S/C19H25ClN4O2S/c1-11(2)14(21-17(26)19(4,5)10-20)15(25)22-18-24-23-16(27-18)13-8-6-7-12(3)9-13/h6-9,11,14H,10H2,1-5H3,(H,21,26)(H,22,24,25). The number of carbonyl (C=O) groups is 2. The van der Waals surface area contributed by atoms with Crippen molar-refractivity contribution in [3.63, 3.8) is 0 Å². The molecule has 0 aliphatic heterocycles. The Morgan fingerprint density at radius 3 is 2.56 bits per heavy atom. The lowest BCUT2D eigenvalue weighted by atomic mass is 9.93. The molecule has 2 N–H and O–H groups in total. The molecule has 146 valence electrons. The fraction of sp³-hybridized carbons (Fsp3) is 0.474. The molecule has 0 aliphatic rings. The predicted molar refractivity (Wildman–Crippen MR) is 110 cm³/mol. The Morgan fingerprint density at radius 2 is 1.96 bits per heavy atom. The molecule has 0 spiro atoms. The van der Waals surface area contributed by atoms with Gasteiger partial charge in [-0.2, -0.15) is 0 Å². The van der Waals surface area contributed by atoms with Gasteiger partial charge in [-0.25, -0.2) is 0 Å². The number of carbonyl (C=O) groups excluding carboxylic acids is 2. The summed E-state index contributed by atoms with van der Waals surface area (Å²) in [5, 5.41) is 14.9. The van der Waals surface area contributed by atoms with Crippen LogP contribution in [-0.2, 0) is 9.59 Å². The summed E-state index contributed by atoms with van der Waals surface area (Å²) in [5.74, 6) is -0.509. The lowest BCUT2D eigenvalue weighted by Crippen LogP contribution is -2.51. The molecule has 27 heavy (non-hydrogen) atoms. The van der Waals surface area contributed by atoms with Gasteiger partial charge in [0.15, 0.2) is 0 Å². The highest BCUT2D eigenvalue weighted by Gasteiger charge is 2.32. The number of nitrogens with one attached hydrogen (secondary N) is 2. The van der Waals surface area contributed by atoms with E-state index in [0.717, 1.165) is 16.1 Å². The summed E-state index contributed by atoms with van der Waals surface area (Å²) < 4.78 is 0. The molecule has 2 rings (SSSR count). The predicted octanol–water partition coefficient (Wildman–Crippen LogP) is 3.86. The summed E-state index contributed by atoms with van der Waals surface area (Å²) in [7, 11) is 0. The van der Waals surface area contributed by atoms with Crippen LogP contribution in [0.25, 0.3) is 10.6 Å². The minimum absolute atomic E-state index is 0.0933. The van der Waals surface area contributed by atoms with Crippen LogP contribution in [0.2, 0.25) is 0 Å². The fourth-order valence-electron chi connectivity index (χ4n) is 2.28. The van der Waals surface area contributed by atoms with Crippen LogP contribution < -0.4 is 10.6 Å². The van der Waals surface area contributed by atoms with Crippen LogP contribution in [0.3, 0.4) is 0 Å². The van der Waals surface area contributed by atoms with Gasteiger partial charge in [0, 0.05) is 11.4 Å². The van der Waals surface area contributed by atoms with Gasteiger partial charge in [0.1, 0.15) is 11.0 Å². The molecule has 2 amide bonds. The van der Waals surface area contributed by atoms with Crippen molar-refractivity contribution in [3.05, 3.63) is 29.8 Å². The first-order valence-corrected chi connectivity index (χ1v) is 10.1. The molecule has 6 nitrogen and oxygen atoms in total. The molecule has 0 bridgehead atoms. The molecule has 0 saturated carbocycles. The lowest BCUT2D eigenvalue weighted by Gasteiger charge is -2.26. The Morgan fingerprint density at radius 1 is 1.26 bits per heavy atom. The summed E-state index contributed by atoms with van der Waals surface area (Å²) in [6, 6.07) is 7.23. The van der Waals surface area contributed by atoms with E-state index in [1.165, 1.54) is 11.3 Å². The largest absolute Gasteiger partial charge is 0.344 e. The molecule has 0 fully saturated rings. The van der Waals surface area contributed by atoms with Crippen molar-refractivity contribution < 1.29 is 9.59 Å². The summed E-state index contributed by atoms with van der Waals surface area (Å²) in [6.45, 7) is 9.23. The van der Waals surface area contributed by atoms with Gasteiger partial charge in [-0.3, -0.25) is 14.9 Å². The molecule has 1 aromatic carbocycles. The second-order valence-corrected chi connectivity index (χ2v) is 8.73. The first-order valence-electron chi connectivity index (χ1n) is 8.72. The van der Waals surface area contributed by atoms with E-state index in [4.69, 9.17) is 11.6 Å². The molecule has 1 atom stereocenters. The Balaban J connectivity index is 2.11. The van der Waals surface area contributed by atoms with Gasteiger partial charge in [-0.15, -0.1) is 21.8 Å². The molecule has 1 unspecified atom stereocenters. The SMILES string of the molecule is Cc1cccc(-c2nnc(NC(=O)C(NC(=O)C(C)(C)CCl)C(C)C)s2)c1. The minimum atomic E-state index is -0.754. The zero-order valence-corrected chi connectivity index (χ0v) is 17.7. The van der Waals surface area contributed by atoms with Crippen LogP contribution >= 0.6 is 22.9 Å². The van der Waals surface area contributed by atoms with Crippen molar-refractivity contribution in [1.29, 1.82) is 0 Å². The monoisotopic (exact) mass is 408 g/mol. The topological polar surface area (TPSA) is 84.0 Å². The Kier molecular flexibility index (Phi) is 6.95. The number of benzene rings is 1. The first-order chi connectivity index (χ1) is 12.6. The average Bonchev–Trinajstić information content (AvgIpc) is 3.07. The molecule has 1 aromatic heterocycles. The third-order valence-corrected chi connectivity index (χ3v) is 5.66. The second-order valence-electron chi connectivity index (χ2n) is 7.48. The van der Waals surface area contributed by atoms with Crippen LogP contribution in [-0.4, -0.2) is 33.9 Å². The highest BCUT2D eigenvalue weighted by Crippen LogP contribution is 2.27. The Hall–Kier alpha value is -1.99. The van der Waals surface area contributed by atoms with Gasteiger partial charge in [-0.05, 0) is 32.8 Å². The van der Waals surface area contributed by atoms with Crippen LogP contribution in [0.1, 0.15) is 33.3 Å². The number of alkyl halides is 1. The number of aromatic nitrogens is 2. The molecule has 1 heterocycles. The molecular formula is C19H25ClN4O2S. The van der Waals surface area contributed by atoms with Crippen LogP contribution in [0.5, 0.6) is 0 Å². The Bertz CT molecular complexity index is 820. The van der Waals surface area contributed by atoms with E-state index >= 15 is 0 Å². The van der Waals surface area contributed by atoms with Gasteiger partial charge in [-0.1, -0.05) is 48.9 Å². The molecule has 2 aromatic rings. The van der Waals surface area contributed by atoms with Gasteiger partial charge in [0.2, 0.25) is 16.9 Å². The van der Waals surface area contributed by atoms with E-state index in [0.29, 0.717) is 5.13 Å². The number of aryl methyl sites for hydroxylation is 1. The van der Waals surface area contributed by atoms with Gasteiger partial charge < -0.3 is 5.32 Å². The van der Waals surface area contributed by atoms with Crippen molar-refractivity contribution in [3.8, 4) is 10.6 Å². The van der Waals surface area contributed by atoms with Crippen molar-refractivity contribution in [2.24, 2.45) is 11.3 Å². The molecule has 0 radical (unpaired) electrons. The number of halogens is 1. The van der Waals surface area contributed by atoms with Gasteiger partial charge >= 0.3 is 0 Å². The maximum Gasteiger partial charge on any atom is 0.249 e. The smallest absolute Gasteiger partial charge is 0.249 e. The number of rotatable bonds is 7. The second kappa shape index (κ2) is 8.80. The van der Waals surface area contributed by atoms with Gasteiger partial charge in [0.05, 0.1) is 5.41 Å². The van der Waals surface area contributed by atoms with E-state index in [1.807, 2.05) is 45.0 Å². The van der Waals surface area contributed by atoms with Crippen molar-refractivity contribution in [1.82, 2.24) is 15.5 Å². The summed E-state index contributed by atoms with van der Waals surface area (Å²) >= 11 is 7.15. The zero-order chi connectivity index (χ0) is 20.2.